The molecule has 0 spiro atoms. The highest BCUT2D eigenvalue weighted by Crippen LogP contribution is 2.37. The Labute approximate surface area is 142 Å². The van der Waals surface area contributed by atoms with Gasteiger partial charge in [-0.25, -0.2) is 0 Å². The SMILES string of the molecule is Cc1ccc(C)c(NC(=O)CN2C[C@@H](C)Sc3ccccc32)c1. The predicted molar refractivity (Wildman–Crippen MR) is 98.5 cm³/mol. The van der Waals surface area contributed by atoms with Crippen LogP contribution < -0.4 is 10.2 Å². The number of para-hydroxylation sites is 1. The lowest BCUT2D eigenvalue weighted by atomic mass is 10.1. The first-order valence-electron chi connectivity index (χ1n) is 7.90. The van der Waals surface area contributed by atoms with Crippen molar-refractivity contribution in [2.75, 3.05) is 23.3 Å². The molecule has 23 heavy (non-hydrogen) atoms. The molecule has 1 heterocycles. The third kappa shape index (κ3) is 3.70. The van der Waals surface area contributed by atoms with Crippen LogP contribution in [0.5, 0.6) is 0 Å². The van der Waals surface area contributed by atoms with Gasteiger partial charge in [0, 0.05) is 22.4 Å². The van der Waals surface area contributed by atoms with Crippen LogP contribution in [0.3, 0.4) is 0 Å². The van der Waals surface area contributed by atoms with Crippen molar-refractivity contribution in [3.05, 3.63) is 53.6 Å². The normalized spacial score (nSPS) is 16.8. The molecule has 1 N–H and O–H groups in total. The monoisotopic (exact) mass is 326 g/mol. The number of carbonyl (C=O) groups excluding carboxylic acids is 1. The number of anilines is 2. The molecule has 0 bridgehead atoms. The maximum Gasteiger partial charge on any atom is 0.243 e. The van der Waals surface area contributed by atoms with E-state index in [2.05, 4.69) is 41.4 Å². The minimum absolute atomic E-state index is 0.0348. The van der Waals surface area contributed by atoms with E-state index >= 15 is 0 Å². The minimum atomic E-state index is 0.0348. The molecule has 1 aliphatic rings. The van der Waals surface area contributed by atoms with Crippen LogP contribution >= 0.6 is 11.8 Å². The summed E-state index contributed by atoms with van der Waals surface area (Å²) in [6.45, 7) is 7.53. The summed E-state index contributed by atoms with van der Waals surface area (Å²) in [5.41, 5.74) is 4.31. The highest BCUT2D eigenvalue weighted by molar-refractivity contribution is 8.00. The van der Waals surface area contributed by atoms with E-state index < -0.39 is 0 Å². The van der Waals surface area contributed by atoms with E-state index in [9.17, 15) is 4.79 Å². The molecule has 2 aromatic carbocycles. The van der Waals surface area contributed by atoms with Gasteiger partial charge in [-0.1, -0.05) is 31.2 Å². The van der Waals surface area contributed by atoms with Crippen LogP contribution in [0.4, 0.5) is 11.4 Å². The van der Waals surface area contributed by atoms with Crippen molar-refractivity contribution >= 4 is 29.0 Å². The topological polar surface area (TPSA) is 32.3 Å². The van der Waals surface area contributed by atoms with E-state index in [-0.39, 0.29) is 5.91 Å². The zero-order valence-corrected chi connectivity index (χ0v) is 14.6. The first kappa shape index (κ1) is 15.9. The van der Waals surface area contributed by atoms with E-state index in [4.69, 9.17) is 0 Å². The van der Waals surface area contributed by atoms with Gasteiger partial charge in [0.1, 0.15) is 0 Å². The van der Waals surface area contributed by atoms with Gasteiger partial charge in [0.2, 0.25) is 5.91 Å². The molecule has 4 heteroatoms. The third-order valence-electron chi connectivity index (χ3n) is 4.01. The average Bonchev–Trinajstić information content (AvgIpc) is 2.50. The first-order chi connectivity index (χ1) is 11.0. The number of rotatable bonds is 3. The zero-order valence-electron chi connectivity index (χ0n) is 13.8. The zero-order chi connectivity index (χ0) is 16.4. The largest absolute Gasteiger partial charge is 0.360 e. The average molecular weight is 326 g/mol. The Bertz CT molecular complexity index is 729. The molecule has 2 aromatic rings. The molecule has 0 unspecified atom stereocenters. The fourth-order valence-corrected chi connectivity index (χ4v) is 4.03. The van der Waals surface area contributed by atoms with E-state index in [0.29, 0.717) is 11.8 Å². The lowest BCUT2D eigenvalue weighted by Gasteiger charge is -2.33. The summed E-state index contributed by atoms with van der Waals surface area (Å²) in [5.74, 6) is 0.0348. The number of hydrogen-bond acceptors (Lipinski definition) is 3. The smallest absolute Gasteiger partial charge is 0.243 e. The lowest BCUT2D eigenvalue weighted by molar-refractivity contribution is -0.115. The fraction of sp³-hybridized carbons (Fsp3) is 0.316. The maximum absolute atomic E-state index is 12.5. The lowest BCUT2D eigenvalue weighted by Crippen LogP contribution is -2.39. The van der Waals surface area contributed by atoms with Crippen molar-refractivity contribution in [3.8, 4) is 0 Å². The van der Waals surface area contributed by atoms with E-state index in [1.165, 1.54) is 4.90 Å². The molecule has 0 fully saturated rings. The second-order valence-electron chi connectivity index (χ2n) is 6.14. The maximum atomic E-state index is 12.5. The van der Waals surface area contributed by atoms with Crippen LogP contribution in [0.15, 0.2) is 47.4 Å². The van der Waals surface area contributed by atoms with Crippen LogP contribution in [0.25, 0.3) is 0 Å². The van der Waals surface area contributed by atoms with E-state index in [1.807, 2.05) is 43.8 Å². The standard InChI is InChI=1S/C19H22N2OS/c1-13-8-9-14(2)16(10-13)20-19(22)12-21-11-15(3)23-18-7-5-4-6-17(18)21/h4-10,15H,11-12H2,1-3H3,(H,20,22)/t15-/m1/s1. The molecular formula is C19H22N2OS. The molecule has 120 valence electrons. The molecular weight excluding hydrogens is 304 g/mol. The molecule has 0 saturated heterocycles. The molecule has 0 aromatic heterocycles. The number of hydrogen-bond donors (Lipinski definition) is 1. The van der Waals surface area contributed by atoms with Crippen molar-refractivity contribution in [2.45, 2.75) is 30.9 Å². The first-order valence-corrected chi connectivity index (χ1v) is 8.78. The summed E-state index contributed by atoms with van der Waals surface area (Å²) in [7, 11) is 0. The predicted octanol–water partition coefficient (Wildman–Crippen LogP) is 4.24. The summed E-state index contributed by atoms with van der Waals surface area (Å²) < 4.78 is 0. The summed E-state index contributed by atoms with van der Waals surface area (Å²) in [6, 6.07) is 14.4. The third-order valence-corrected chi connectivity index (χ3v) is 5.16. The van der Waals surface area contributed by atoms with Gasteiger partial charge in [0.25, 0.3) is 0 Å². The van der Waals surface area contributed by atoms with Crippen LogP contribution in [-0.2, 0) is 4.79 Å². The highest BCUT2D eigenvalue weighted by atomic mass is 32.2. The number of nitrogens with one attached hydrogen (secondary N) is 1. The van der Waals surface area contributed by atoms with Crippen LogP contribution in [0, 0.1) is 13.8 Å². The van der Waals surface area contributed by atoms with Gasteiger partial charge >= 0.3 is 0 Å². The molecule has 3 rings (SSSR count). The summed E-state index contributed by atoms with van der Waals surface area (Å²) in [4.78, 5) is 15.9. The minimum Gasteiger partial charge on any atom is -0.360 e. The van der Waals surface area contributed by atoms with Crippen molar-refractivity contribution in [1.82, 2.24) is 0 Å². The number of aryl methyl sites for hydroxylation is 2. The second-order valence-corrected chi connectivity index (χ2v) is 7.62. The number of amides is 1. The molecule has 1 amide bonds. The number of carbonyl (C=O) groups is 1. The van der Waals surface area contributed by atoms with Gasteiger partial charge < -0.3 is 10.2 Å². The number of thioether (sulfide) groups is 1. The molecule has 0 saturated carbocycles. The number of fused-ring (bicyclic) bond motifs is 1. The summed E-state index contributed by atoms with van der Waals surface area (Å²) >= 11 is 1.88. The Balaban J connectivity index is 1.74. The van der Waals surface area contributed by atoms with E-state index in [0.717, 1.165) is 29.0 Å². The quantitative estimate of drug-likeness (QED) is 0.915. The highest BCUT2D eigenvalue weighted by Gasteiger charge is 2.23. The molecule has 3 nitrogen and oxygen atoms in total. The Morgan fingerprint density at radius 2 is 2.04 bits per heavy atom. The van der Waals surface area contributed by atoms with Crippen molar-refractivity contribution < 1.29 is 4.79 Å². The Hall–Kier alpha value is -1.94. The second kappa shape index (κ2) is 6.67. The van der Waals surface area contributed by atoms with Gasteiger partial charge in [-0.3, -0.25) is 4.79 Å². The molecule has 0 radical (unpaired) electrons. The molecule has 1 atom stereocenters. The fourth-order valence-electron chi connectivity index (χ4n) is 2.86. The van der Waals surface area contributed by atoms with Crippen LogP contribution in [0.1, 0.15) is 18.1 Å². The van der Waals surface area contributed by atoms with Gasteiger partial charge in [-0.05, 0) is 43.2 Å². The van der Waals surface area contributed by atoms with E-state index in [1.54, 1.807) is 0 Å². The molecule has 1 aliphatic heterocycles. The van der Waals surface area contributed by atoms with Gasteiger partial charge in [0.05, 0.1) is 12.2 Å². The summed E-state index contributed by atoms with van der Waals surface area (Å²) in [5, 5.41) is 3.54. The van der Waals surface area contributed by atoms with Gasteiger partial charge in [0.15, 0.2) is 0 Å². The van der Waals surface area contributed by atoms with Crippen molar-refractivity contribution in [1.29, 1.82) is 0 Å². The van der Waals surface area contributed by atoms with Gasteiger partial charge in [-0.15, -0.1) is 11.8 Å². The van der Waals surface area contributed by atoms with Crippen molar-refractivity contribution in [2.24, 2.45) is 0 Å². The Morgan fingerprint density at radius 1 is 1.26 bits per heavy atom. The Morgan fingerprint density at radius 3 is 2.87 bits per heavy atom. The van der Waals surface area contributed by atoms with Gasteiger partial charge in [-0.2, -0.15) is 0 Å². The number of benzene rings is 2. The summed E-state index contributed by atoms with van der Waals surface area (Å²) in [6.07, 6.45) is 0. The molecule has 0 aliphatic carbocycles. The number of nitrogens with zero attached hydrogens (tertiary/aromatic N) is 1. The van der Waals surface area contributed by atoms with Crippen LogP contribution in [-0.4, -0.2) is 24.2 Å². The van der Waals surface area contributed by atoms with Crippen LogP contribution in [0.2, 0.25) is 0 Å². The van der Waals surface area contributed by atoms with Crippen molar-refractivity contribution in [3.63, 3.8) is 0 Å². The Kier molecular flexibility index (Phi) is 4.62.